The number of hydrogen-bond acceptors (Lipinski definition) is 6. The SMILES string of the molecule is COc1ccc([Si](C)(C)[C@@H]2[C@@H](CC(=O)N3Cc4ccccc4C[C@H]3CO)O[C@]3(C(=O)N(Cc4cccc(NC(=O)Cc5c[nH]c6ccccc56)c4)c4ccc(Cl)cc43)[C@H]2C)cc1. The van der Waals surface area contributed by atoms with Crippen LogP contribution in [0.4, 0.5) is 11.4 Å². The molecule has 3 N–H and O–H groups in total. The third-order valence-corrected chi connectivity index (χ3v) is 18.2. The van der Waals surface area contributed by atoms with Gasteiger partial charge in [0.25, 0.3) is 5.91 Å². The van der Waals surface area contributed by atoms with Crippen molar-refractivity contribution in [1.82, 2.24) is 9.88 Å². The van der Waals surface area contributed by atoms with Gasteiger partial charge in [-0.1, -0.05) is 104 Å². The van der Waals surface area contributed by atoms with Crippen LogP contribution in [0.15, 0.2) is 121 Å². The highest BCUT2D eigenvalue weighted by molar-refractivity contribution is 6.91. The first-order valence-electron chi connectivity index (χ1n) is 21.3. The van der Waals surface area contributed by atoms with Gasteiger partial charge in [-0.25, -0.2) is 0 Å². The molecule has 3 aliphatic heterocycles. The maximum absolute atomic E-state index is 15.5. The van der Waals surface area contributed by atoms with Crippen LogP contribution in [0.1, 0.15) is 41.2 Å². The Balaban J connectivity index is 1.04. The van der Waals surface area contributed by atoms with E-state index in [9.17, 15) is 14.7 Å². The van der Waals surface area contributed by atoms with Crippen molar-refractivity contribution in [2.75, 3.05) is 23.9 Å². The summed E-state index contributed by atoms with van der Waals surface area (Å²) in [5.41, 5.74) is 5.31. The van der Waals surface area contributed by atoms with Gasteiger partial charge in [0.15, 0.2) is 5.60 Å². The topological polar surface area (TPSA) is 124 Å². The summed E-state index contributed by atoms with van der Waals surface area (Å²) in [5, 5.41) is 16.2. The fourth-order valence-electron chi connectivity index (χ4n) is 10.6. The van der Waals surface area contributed by atoms with Crippen LogP contribution in [0, 0.1) is 5.92 Å². The van der Waals surface area contributed by atoms with Crippen LogP contribution < -0.4 is 20.1 Å². The molecule has 6 aromatic rings. The lowest BCUT2D eigenvalue weighted by Gasteiger charge is -2.39. The number of anilines is 2. The predicted molar refractivity (Wildman–Crippen MR) is 245 cm³/mol. The van der Waals surface area contributed by atoms with Crippen molar-refractivity contribution in [3.8, 4) is 5.75 Å². The first-order valence-corrected chi connectivity index (χ1v) is 24.7. The summed E-state index contributed by atoms with van der Waals surface area (Å²) in [6.07, 6.45) is 2.07. The lowest BCUT2D eigenvalue weighted by Crippen LogP contribution is -2.52. The van der Waals surface area contributed by atoms with Gasteiger partial charge in [0.2, 0.25) is 11.8 Å². The maximum Gasteiger partial charge on any atom is 0.264 e. The summed E-state index contributed by atoms with van der Waals surface area (Å²) < 4.78 is 12.8. The van der Waals surface area contributed by atoms with Crippen LogP contribution >= 0.6 is 11.6 Å². The van der Waals surface area contributed by atoms with Crippen LogP contribution in [0.25, 0.3) is 10.9 Å². The van der Waals surface area contributed by atoms with E-state index >= 15 is 4.79 Å². The average molecular weight is 868 g/mol. The summed E-state index contributed by atoms with van der Waals surface area (Å²) in [4.78, 5) is 50.3. The highest BCUT2D eigenvalue weighted by Gasteiger charge is 2.66. The zero-order chi connectivity index (χ0) is 43.3. The zero-order valence-corrected chi connectivity index (χ0v) is 37.1. The number of H-pyrrole nitrogens is 1. The van der Waals surface area contributed by atoms with E-state index in [1.165, 1.54) is 0 Å². The number of hydrogen-bond donors (Lipinski definition) is 3. The second-order valence-electron chi connectivity index (χ2n) is 17.5. The lowest BCUT2D eigenvalue weighted by molar-refractivity contribution is -0.151. The van der Waals surface area contributed by atoms with Crippen molar-refractivity contribution < 1.29 is 29.0 Å². The Bertz CT molecular complexity index is 2680. The van der Waals surface area contributed by atoms with Crippen LogP contribution in [-0.2, 0) is 50.7 Å². The van der Waals surface area contributed by atoms with E-state index in [0.717, 1.165) is 44.1 Å². The fourth-order valence-corrected chi connectivity index (χ4v) is 14.7. The third-order valence-electron chi connectivity index (χ3n) is 13.6. The number of methoxy groups -OCH3 is 1. The van der Waals surface area contributed by atoms with Gasteiger partial charge in [-0.3, -0.25) is 14.4 Å². The van der Waals surface area contributed by atoms with Crippen LogP contribution in [-0.4, -0.2) is 66.6 Å². The minimum absolute atomic E-state index is 0.0471. The number of aromatic amines is 1. The molecule has 318 valence electrons. The van der Waals surface area contributed by atoms with Gasteiger partial charge in [0.1, 0.15) is 5.75 Å². The standard InChI is InChI=1S/C50H51ClN4O6Si/c1-31-48(62(3,4)40-19-17-39(60-2)18-20-40)45(26-47(58)54-29-34-12-6-5-11-33(34)23-38(54)30-56)61-50(31)42-25-36(51)16-21-44(42)55(49(50)59)28-32-10-9-13-37(22-32)53-46(57)24-35-27-52-43-15-8-7-14-41(35)43/h5-22,25,27,31,38,45,48,52,56H,23-24,26,28-30H2,1-4H3,(H,53,57)/t31-,38-,45+,48-,50+/m0/s1. The third kappa shape index (κ3) is 7.30. The molecule has 62 heavy (non-hydrogen) atoms. The Kier molecular flexibility index (Phi) is 11.1. The number of ether oxygens (including phenoxy) is 2. The molecule has 1 spiro atoms. The molecule has 9 rings (SSSR count). The molecule has 3 amide bonds. The molecule has 1 fully saturated rings. The molecule has 10 nitrogen and oxygen atoms in total. The number of para-hydroxylation sites is 1. The highest BCUT2D eigenvalue weighted by atomic mass is 35.5. The summed E-state index contributed by atoms with van der Waals surface area (Å²) in [5.74, 6) is -0.0820. The molecule has 0 saturated carbocycles. The Morgan fingerprint density at radius 1 is 0.968 bits per heavy atom. The molecule has 3 aliphatic rings. The Hall–Kier alpha value is -5.72. The number of rotatable bonds is 11. The van der Waals surface area contributed by atoms with E-state index < -0.39 is 19.8 Å². The molecule has 0 bridgehead atoms. The van der Waals surface area contributed by atoms with Gasteiger partial charge in [0, 0.05) is 45.8 Å². The number of fused-ring (bicyclic) bond motifs is 4. The molecule has 5 atom stereocenters. The highest BCUT2D eigenvalue weighted by Crippen LogP contribution is 2.60. The number of halogens is 1. The minimum Gasteiger partial charge on any atom is -0.497 e. The molecule has 0 aliphatic carbocycles. The Morgan fingerprint density at radius 2 is 1.73 bits per heavy atom. The summed E-state index contributed by atoms with van der Waals surface area (Å²) in [7, 11) is -0.924. The number of benzene rings is 5. The number of carbonyl (C=O) groups excluding carboxylic acids is 3. The smallest absolute Gasteiger partial charge is 0.264 e. The van der Waals surface area contributed by atoms with Crippen molar-refractivity contribution in [3.05, 3.63) is 154 Å². The molecule has 1 aromatic heterocycles. The molecule has 5 aromatic carbocycles. The number of aliphatic hydroxyl groups is 1. The van der Waals surface area contributed by atoms with E-state index in [1.54, 1.807) is 23.0 Å². The van der Waals surface area contributed by atoms with Crippen molar-refractivity contribution >= 4 is 64.9 Å². The van der Waals surface area contributed by atoms with Crippen LogP contribution in [0.2, 0.25) is 23.7 Å². The van der Waals surface area contributed by atoms with Gasteiger partial charge < -0.3 is 34.7 Å². The van der Waals surface area contributed by atoms with Gasteiger partial charge in [0.05, 0.1) is 59.0 Å². The molecule has 0 radical (unpaired) electrons. The first-order chi connectivity index (χ1) is 29.9. The second kappa shape index (κ2) is 16.5. The maximum atomic E-state index is 15.5. The van der Waals surface area contributed by atoms with Crippen molar-refractivity contribution in [1.29, 1.82) is 0 Å². The number of nitrogens with zero attached hydrogens (tertiary/aromatic N) is 2. The van der Waals surface area contributed by atoms with Gasteiger partial charge in [-0.05, 0) is 82.7 Å². The van der Waals surface area contributed by atoms with E-state index in [4.69, 9.17) is 21.1 Å². The van der Waals surface area contributed by atoms with E-state index in [0.29, 0.717) is 34.9 Å². The van der Waals surface area contributed by atoms with Crippen molar-refractivity contribution in [3.63, 3.8) is 0 Å². The number of carbonyl (C=O) groups is 3. The van der Waals surface area contributed by atoms with E-state index in [2.05, 4.69) is 48.5 Å². The first kappa shape index (κ1) is 41.6. The fraction of sp³-hybridized carbons (Fsp3) is 0.300. The number of aromatic nitrogens is 1. The number of amides is 3. The number of nitrogens with one attached hydrogen (secondary N) is 2. The zero-order valence-electron chi connectivity index (χ0n) is 35.4. The summed E-state index contributed by atoms with van der Waals surface area (Å²) in [6.45, 7) is 7.13. The minimum atomic E-state index is -2.57. The van der Waals surface area contributed by atoms with Gasteiger partial charge in [-0.15, -0.1) is 0 Å². The Labute approximate surface area is 367 Å². The largest absolute Gasteiger partial charge is 0.497 e. The summed E-state index contributed by atoms with van der Waals surface area (Å²) >= 11 is 6.77. The summed E-state index contributed by atoms with van der Waals surface area (Å²) in [6, 6.07) is 36.8. The number of aliphatic hydroxyl groups excluding tert-OH is 1. The lowest BCUT2D eigenvalue weighted by atomic mass is 9.82. The van der Waals surface area contributed by atoms with E-state index in [1.807, 2.05) is 97.2 Å². The Morgan fingerprint density at radius 3 is 2.50 bits per heavy atom. The molecular formula is C50H51ClN4O6Si. The molecular weight excluding hydrogens is 816 g/mol. The van der Waals surface area contributed by atoms with Gasteiger partial charge >= 0.3 is 0 Å². The van der Waals surface area contributed by atoms with Crippen LogP contribution in [0.3, 0.4) is 0 Å². The average Bonchev–Trinajstić information content (AvgIpc) is 3.89. The van der Waals surface area contributed by atoms with Gasteiger partial charge in [-0.2, -0.15) is 0 Å². The van der Waals surface area contributed by atoms with Crippen molar-refractivity contribution in [2.45, 2.75) is 75.7 Å². The molecule has 1 saturated heterocycles. The molecule has 0 unspecified atom stereocenters. The van der Waals surface area contributed by atoms with Crippen molar-refractivity contribution in [2.24, 2.45) is 5.92 Å². The molecule has 4 heterocycles. The quantitative estimate of drug-likeness (QED) is 0.113. The van der Waals surface area contributed by atoms with E-state index in [-0.39, 0.29) is 61.2 Å². The van der Waals surface area contributed by atoms with Crippen LogP contribution in [0.5, 0.6) is 5.75 Å². The predicted octanol–water partition coefficient (Wildman–Crippen LogP) is 8.11. The monoisotopic (exact) mass is 866 g/mol. The molecule has 12 heteroatoms. The normalized spacial score (nSPS) is 21.9. The second-order valence-corrected chi connectivity index (χ2v) is 22.7.